The van der Waals surface area contributed by atoms with E-state index in [1.54, 1.807) is 12.1 Å². The predicted octanol–water partition coefficient (Wildman–Crippen LogP) is 9.44. The lowest BCUT2D eigenvalue weighted by Gasteiger charge is -2.25. The molecule has 0 bridgehead atoms. The Morgan fingerprint density at radius 1 is 0.463 bits per heavy atom. The number of anilines is 3. The highest BCUT2D eigenvalue weighted by Gasteiger charge is 2.33. The second kappa shape index (κ2) is 10.2. The van der Waals surface area contributed by atoms with E-state index >= 15 is 0 Å². The van der Waals surface area contributed by atoms with E-state index in [0.717, 1.165) is 44.5 Å². The molecule has 0 saturated heterocycles. The first-order valence-electron chi connectivity index (χ1n) is 13.6. The highest BCUT2D eigenvalue weighted by atomic mass is 16.2. The van der Waals surface area contributed by atoms with Crippen molar-refractivity contribution < 1.29 is 9.59 Å². The van der Waals surface area contributed by atoms with Crippen LogP contribution in [0.25, 0.3) is 28.0 Å². The van der Waals surface area contributed by atoms with Gasteiger partial charge in [-0.3, -0.25) is 9.59 Å². The normalized spacial score (nSPS) is 13.5. The largest absolute Gasteiger partial charge is 0.311 e. The molecule has 0 N–H and O–H groups in total. The van der Waals surface area contributed by atoms with Crippen molar-refractivity contribution in [2.45, 2.75) is 0 Å². The number of nitrogens with zero attached hydrogens (tertiary/aromatic N) is 1. The van der Waals surface area contributed by atoms with Crippen LogP contribution in [0.3, 0.4) is 0 Å². The average molecular weight is 528 g/mol. The van der Waals surface area contributed by atoms with Gasteiger partial charge < -0.3 is 4.90 Å². The van der Waals surface area contributed by atoms with E-state index in [-0.39, 0.29) is 17.1 Å². The monoisotopic (exact) mass is 527 g/mol. The molecule has 0 fully saturated rings. The molecule has 194 valence electrons. The van der Waals surface area contributed by atoms with Crippen LogP contribution in [0.5, 0.6) is 0 Å². The first-order valence-corrected chi connectivity index (χ1v) is 13.6. The summed E-state index contributed by atoms with van der Waals surface area (Å²) in [5.74, 6) is -0.458. The van der Waals surface area contributed by atoms with Crippen molar-refractivity contribution in [2.75, 3.05) is 4.90 Å². The Morgan fingerprint density at radius 3 is 1.76 bits per heavy atom. The second-order valence-electron chi connectivity index (χ2n) is 10.1. The van der Waals surface area contributed by atoms with Gasteiger partial charge in [0.25, 0.3) is 0 Å². The number of hydrogen-bond donors (Lipinski definition) is 0. The van der Waals surface area contributed by atoms with E-state index in [2.05, 4.69) is 53.4 Å². The van der Waals surface area contributed by atoms with Gasteiger partial charge in [-0.15, -0.1) is 0 Å². The number of rotatable bonds is 5. The van der Waals surface area contributed by atoms with Crippen molar-refractivity contribution in [1.29, 1.82) is 0 Å². The lowest BCUT2D eigenvalue weighted by Crippen LogP contribution is -2.09. The minimum Gasteiger partial charge on any atom is -0.311 e. The number of benzene rings is 6. The summed E-state index contributed by atoms with van der Waals surface area (Å²) in [6.07, 6.45) is 1.71. The van der Waals surface area contributed by atoms with Gasteiger partial charge in [0.15, 0.2) is 11.6 Å². The fourth-order valence-electron chi connectivity index (χ4n) is 5.59. The first kappa shape index (κ1) is 24.5. The Balaban J connectivity index is 1.22. The molecule has 0 atom stereocenters. The van der Waals surface area contributed by atoms with Gasteiger partial charge in [-0.2, -0.15) is 0 Å². The number of carbonyl (C=O) groups excluding carboxylic acids is 2. The van der Waals surface area contributed by atoms with Crippen molar-refractivity contribution in [3.05, 3.63) is 168 Å². The van der Waals surface area contributed by atoms with Gasteiger partial charge in [0.1, 0.15) is 0 Å². The molecule has 3 heteroatoms. The molecular formula is C38H25NO2. The Morgan fingerprint density at radius 2 is 1.05 bits per heavy atom. The number of ketones is 2. The van der Waals surface area contributed by atoms with E-state index in [1.165, 1.54) is 0 Å². The Kier molecular flexibility index (Phi) is 6.10. The Bertz CT molecular complexity index is 1910. The molecule has 41 heavy (non-hydrogen) atoms. The molecule has 0 amide bonds. The van der Waals surface area contributed by atoms with Crippen LogP contribution in [-0.2, 0) is 0 Å². The molecule has 1 aliphatic rings. The number of para-hydroxylation sites is 2. The highest BCUT2D eigenvalue weighted by Crippen LogP contribution is 2.36. The maximum atomic E-state index is 13.5. The number of fused-ring (bicyclic) bond motifs is 2. The van der Waals surface area contributed by atoms with Gasteiger partial charge in [-0.1, -0.05) is 97.1 Å². The summed E-state index contributed by atoms with van der Waals surface area (Å²) in [4.78, 5) is 29.0. The molecule has 0 heterocycles. The third-order valence-corrected chi connectivity index (χ3v) is 7.59. The maximum Gasteiger partial charge on any atom is 0.197 e. The molecule has 0 aliphatic heterocycles. The lowest BCUT2D eigenvalue weighted by molar-refractivity contribution is 0.0990. The SMILES string of the molecule is O=C1C(=Cc2ccc(N(c3ccccc3)c3ccccc3)cc2)C(=O)c2cc(-c3cccc4ccccc34)ccc21. The van der Waals surface area contributed by atoms with Crippen molar-refractivity contribution in [2.24, 2.45) is 0 Å². The van der Waals surface area contributed by atoms with Gasteiger partial charge >= 0.3 is 0 Å². The molecule has 0 saturated carbocycles. The molecule has 7 rings (SSSR count). The van der Waals surface area contributed by atoms with Gasteiger partial charge in [-0.25, -0.2) is 0 Å². The third-order valence-electron chi connectivity index (χ3n) is 7.59. The number of carbonyl (C=O) groups is 2. The smallest absolute Gasteiger partial charge is 0.197 e. The zero-order chi connectivity index (χ0) is 27.8. The van der Waals surface area contributed by atoms with Crippen LogP contribution < -0.4 is 4.90 Å². The molecule has 6 aromatic rings. The summed E-state index contributed by atoms with van der Waals surface area (Å²) >= 11 is 0. The lowest BCUT2D eigenvalue weighted by atomic mass is 9.95. The molecule has 1 aliphatic carbocycles. The quantitative estimate of drug-likeness (QED) is 0.166. The van der Waals surface area contributed by atoms with Crippen LogP contribution in [0.1, 0.15) is 26.3 Å². The second-order valence-corrected chi connectivity index (χ2v) is 10.1. The zero-order valence-electron chi connectivity index (χ0n) is 22.2. The minimum atomic E-state index is -0.230. The summed E-state index contributed by atoms with van der Waals surface area (Å²) in [6, 6.07) is 48.2. The fourth-order valence-corrected chi connectivity index (χ4v) is 5.59. The first-order chi connectivity index (χ1) is 20.2. The standard InChI is InChI=1S/C38H25NO2/c40-37-34-23-20-28(33-17-9-11-27-10-7-8-16-32(27)33)25-35(34)38(41)36(37)24-26-18-21-31(22-19-26)39(29-12-3-1-4-13-29)30-14-5-2-6-15-30/h1-25H. The highest BCUT2D eigenvalue weighted by molar-refractivity contribution is 6.41. The van der Waals surface area contributed by atoms with E-state index < -0.39 is 0 Å². The molecule has 3 nitrogen and oxygen atoms in total. The van der Waals surface area contributed by atoms with Crippen molar-refractivity contribution in [3.8, 4) is 11.1 Å². The summed E-state index contributed by atoms with van der Waals surface area (Å²) in [5, 5.41) is 2.25. The summed E-state index contributed by atoms with van der Waals surface area (Å²) < 4.78 is 0. The van der Waals surface area contributed by atoms with Crippen LogP contribution >= 0.6 is 0 Å². The molecule has 0 unspecified atom stereocenters. The van der Waals surface area contributed by atoms with E-state index in [1.807, 2.05) is 91.0 Å². The molecular weight excluding hydrogens is 502 g/mol. The van der Waals surface area contributed by atoms with Crippen LogP contribution in [0.4, 0.5) is 17.1 Å². The Hall–Kier alpha value is -5.54. The fraction of sp³-hybridized carbons (Fsp3) is 0. The van der Waals surface area contributed by atoms with Crippen molar-refractivity contribution in [1.82, 2.24) is 0 Å². The van der Waals surface area contributed by atoms with Crippen LogP contribution in [-0.4, -0.2) is 11.6 Å². The summed E-state index contributed by atoms with van der Waals surface area (Å²) in [5.41, 5.74) is 6.96. The molecule has 0 aromatic heterocycles. The van der Waals surface area contributed by atoms with Gasteiger partial charge in [0.2, 0.25) is 0 Å². The number of Topliss-reactive ketones (excluding diaryl/α,β-unsaturated/α-hetero) is 2. The van der Waals surface area contributed by atoms with Crippen LogP contribution in [0.15, 0.2) is 151 Å². The van der Waals surface area contributed by atoms with Crippen molar-refractivity contribution in [3.63, 3.8) is 0 Å². The van der Waals surface area contributed by atoms with Gasteiger partial charge in [0, 0.05) is 28.2 Å². The van der Waals surface area contributed by atoms with E-state index in [4.69, 9.17) is 0 Å². The molecule has 6 aromatic carbocycles. The van der Waals surface area contributed by atoms with E-state index in [0.29, 0.717) is 11.1 Å². The molecule has 0 radical (unpaired) electrons. The topological polar surface area (TPSA) is 37.4 Å². The summed E-state index contributed by atoms with van der Waals surface area (Å²) in [7, 11) is 0. The van der Waals surface area contributed by atoms with Crippen LogP contribution in [0, 0.1) is 0 Å². The van der Waals surface area contributed by atoms with Crippen molar-refractivity contribution >= 4 is 45.5 Å². The average Bonchev–Trinajstić information content (AvgIpc) is 3.27. The Labute approximate surface area is 238 Å². The van der Waals surface area contributed by atoms with E-state index in [9.17, 15) is 9.59 Å². The number of allylic oxidation sites excluding steroid dienone is 1. The zero-order valence-corrected chi connectivity index (χ0v) is 22.2. The molecule has 0 spiro atoms. The van der Waals surface area contributed by atoms with Crippen LogP contribution in [0.2, 0.25) is 0 Å². The third kappa shape index (κ3) is 4.44. The maximum absolute atomic E-state index is 13.5. The van der Waals surface area contributed by atoms with Gasteiger partial charge in [-0.05, 0) is 82.1 Å². The predicted molar refractivity (Wildman–Crippen MR) is 167 cm³/mol. The summed E-state index contributed by atoms with van der Waals surface area (Å²) in [6.45, 7) is 0. The number of hydrogen-bond acceptors (Lipinski definition) is 3. The minimum absolute atomic E-state index is 0.200. The van der Waals surface area contributed by atoms with Gasteiger partial charge in [0.05, 0.1) is 5.57 Å².